The van der Waals surface area contributed by atoms with Crippen LogP contribution < -0.4 is 5.32 Å². The van der Waals surface area contributed by atoms with Crippen LogP contribution in [0, 0.1) is 0 Å². The maximum atomic E-state index is 14.1. The van der Waals surface area contributed by atoms with Gasteiger partial charge in [0.15, 0.2) is 5.82 Å². The summed E-state index contributed by atoms with van der Waals surface area (Å²) in [6, 6.07) is 5.98. The van der Waals surface area contributed by atoms with Gasteiger partial charge in [-0.3, -0.25) is 0 Å². The third kappa shape index (κ3) is 3.57. The number of hydrogen-bond acceptors (Lipinski definition) is 6. The second-order valence-electron chi connectivity index (χ2n) is 9.76. The van der Waals surface area contributed by atoms with Crippen LogP contribution in [0.2, 0.25) is 0 Å². The van der Waals surface area contributed by atoms with Crippen molar-refractivity contribution < 1.29 is 14.2 Å². The van der Waals surface area contributed by atoms with Crippen molar-refractivity contribution in [2.45, 2.75) is 68.9 Å². The quantitative estimate of drug-likeness (QED) is 0.774. The van der Waals surface area contributed by atoms with Gasteiger partial charge in [-0.05, 0) is 61.9 Å². The van der Waals surface area contributed by atoms with Gasteiger partial charge in [-0.15, -0.1) is 10.2 Å². The number of phenols is 1. The highest BCUT2D eigenvalue weighted by molar-refractivity contribution is 5.73. The van der Waals surface area contributed by atoms with Crippen LogP contribution in [0.15, 0.2) is 18.2 Å². The first-order valence-electron chi connectivity index (χ1n) is 11.5. The number of hydrogen-bond donors (Lipinski definition) is 2. The van der Waals surface area contributed by atoms with Crippen molar-refractivity contribution in [3.8, 4) is 17.0 Å². The van der Waals surface area contributed by atoms with Crippen molar-refractivity contribution in [3.63, 3.8) is 0 Å². The molecule has 0 amide bonds. The molecule has 6 nitrogen and oxygen atoms in total. The third-order valence-electron chi connectivity index (χ3n) is 7.23. The van der Waals surface area contributed by atoms with E-state index in [-0.39, 0.29) is 24.0 Å². The predicted molar refractivity (Wildman–Crippen MR) is 116 cm³/mol. The number of anilines is 1. The van der Waals surface area contributed by atoms with Gasteiger partial charge < -0.3 is 20.1 Å². The monoisotopic (exact) mass is 424 g/mol. The lowest BCUT2D eigenvalue weighted by Gasteiger charge is -2.34. The number of nitrogens with one attached hydrogen (secondary N) is 1. The van der Waals surface area contributed by atoms with E-state index in [2.05, 4.69) is 21.6 Å². The van der Waals surface area contributed by atoms with Crippen molar-refractivity contribution in [1.29, 1.82) is 0 Å². The summed E-state index contributed by atoms with van der Waals surface area (Å²) in [7, 11) is 1.95. The fourth-order valence-electron chi connectivity index (χ4n) is 5.62. The summed E-state index contributed by atoms with van der Waals surface area (Å²) in [5.41, 5.74) is 4.86. The van der Waals surface area contributed by atoms with Crippen molar-refractivity contribution in [3.05, 3.63) is 34.9 Å². The van der Waals surface area contributed by atoms with Gasteiger partial charge in [0.2, 0.25) is 0 Å². The molecule has 2 saturated heterocycles. The van der Waals surface area contributed by atoms with Gasteiger partial charge in [-0.2, -0.15) is 0 Å². The van der Waals surface area contributed by atoms with E-state index < -0.39 is 6.17 Å². The Morgan fingerprint density at radius 2 is 2.03 bits per heavy atom. The number of likely N-dealkylation sites (N-methyl/N-ethyl adjacent to an activating group) is 1. The molecule has 4 atom stereocenters. The molecule has 1 saturated carbocycles. The molecule has 0 radical (unpaired) electrons. The standard InChI is InChI=1S/C24H29FN4O2/c1-29-11-15(25)9-16(12-29)26-24-22-19(10-17-5-7-21(22)31-17)23(27-28-24)18-6-4-14(8-20(18)30)13-2-3-13/h4,6,8,13,15-17,21,30H,2-3,5,7,9-12H2,1H3,(H,26,28)/t15-,16-,17+,21-/m1/s1. The molecular formula is C24H29FN4O2. The zero-order chi connectivity index (χ0) is 21.1. The molecule has 6 rings (SSSR count). The van der Waals surface area contributed by atoms with Crippen LogP contribution in [0.4, 0.5) is 10.2 Å². The molecule has 1 aliphatic carbocycles. The van der Waals surface area contributed by atoms with E-state index in [1.54, 1.807) is 0 Å². The topological polar surface area (TPSA) is 70.5 Å². The van der Waals surface area contributed by atoms with E-state index in [1.807, 2.05) is 24.1 Å². The fourth-order valence-corrected chi connectivity index (χ4v) is 5.62. The third-order valence-corrected chi connectivity index (χ3v) is 7.23. The lowest BCUT2D eigenvalue weighted by Crippen LogP contribution is -2.45. The van der Waals surface area contributed by atoms with Gasteiger partial charge in [-0.1, -0.05) is 6.07 Å². The Labute approximate surface area is 181 Å². The number of fused-ring (bicyclic) bond motifs is 4. The number of phenolic OH excluding ortho intramolecular Hbond substituents is 1. The number of halogens is 1. The van der Waals surface area contributed by atoms with Crippen LogP contribution >= 0.6 is 0 Å². The minimum atomic E-state index is -0.839. The molecule has 0 unspecified atom stereocenters. The number of aromatic hydroxyl groups is 1. The first-order valence-corrected chi connectivity index (χ1v) is 11.5. The van der Waals surface area contributed by atoms with Crippen LogP contribution in [-0.2, 0) is 11.2 Å². The second-order valence-corrected chi connectivity index (χ2v) is 9.76. The van der Waals surface area contributed by atoms with Crippen molar-refractivity contribution in [2.75, 3.05) is 25.5 Å². The highest BCUT2D eigenvalue weighted by Gasteiger charge is 2.39. The van der Waals surface area contributed by atoms with Crippen LogP contribution in [0.5, 0.6) is 5.75 Å². The SMILES string of the molecule is CN1C[C@H](F)C[C@@H](Nc2nnc(-c3ccc(C4CC4)cc3O)c3c2[C@H]2CC[C@@H](C3)O2)C1. The molecular weight excluding hydrogens is 395 g/mol. The number of aromatic nitrogens is 2. The second kappa shape index (κ2) is 7.41. The van der Waals surface area contributed by atoms with E-state index in [9.17, 15) is 9.50 Å². The first kappa shape index (κ1) is 19.4. The number of nitrogens with zero attached hydrogens (tertiary/aromatic N) is 3. The number of alkyl halides is 1. The Bertz CT molecular complexity index is 1000. The average Bonchev–Trinajstić information content (AvgIpc) is 3.51. The lowest BCUT2D eigenvalue weighted by molar-refractivity contribution is 0.0325. The van der Waals surface area contributed by atoms with E-state index in [0.29, 0.717) is 24.7 Å². The molecule has 2 N–H and O–H groups in total. The zero-order valence-corrected chi connectivity index (χ0v) is 17.9. The highest BCUT2D eigenvalue weighted by atomic mass is 19.1. The Morgan fingerprint density at radius 3 is 2.81 bits per heavy atom. The number of ether oxygens (including phenoxy) is 1. The van der Waals surface area contributed by atoms with Gasteiger partial charge in [0.1, 0.15) is 17.6 Å². The smallest absolute Gasteiger partial charge is 0.155 e. The Hall–Kier alpha value is -2.25. The molecule has 7 heteroatoms. The molecule has 31 heavy (non-hydrogen) atoms. The molecule has 4 heterocycles. The molecule has 2 bridgehead atoms. The minimum absolute atomic E-state index is 0.0108. The molecule has 4 aliphatic rings. The van der Waals surface area contributed by atoms with Gasteiger partial charge in [0.25, 0.3) is 0 Å². The van der Waals surface area contributed by atoms with Gasteiger partial charge in [0.05, 0.1) is 12.2 Å². The average molecular weight is 425 g/mol. The molecule has 0 spiro atoms. The number of likely N-dealkylation sites (tertiary alicyclic amines) is 1. The number of piperidine rings is 1. The molecule has 2 aromatic rings. The summed E-state index contributed by atoms with van der Waals surface area (Å²) in [5, 5.41) is 23.4. The summed E-state index contributed by atoms with van der Waals surface area (Å²) in [4.78, 5) is 2.02. The highest BCUT2D eigenvalue weighted by Crippen LogP contribution is 2.48. The van der Waals surface area contributed by atoms with Crippen LogP contribution in [0.1, 0.15) is 60.8 Å². The fraction of sp³-hybridized carbons (Fsp3) is 0.583. The Kier molecular flexibility index (Phi) is 4.65. The molecule has 3 aliphatic heterocycles. The Balaban J connectivity index is 1.39. The lowest BCUT2D eigenvalue weighted by atomic mass is 9.93. The van der Waals surface area contributed by atoms with Crippen molar-refractivity contribution >= 4 is 5.82 Å². The molecule has 3 fully saturated rings. The van der Waals surface area contributed by atoms with Crippen LogP contribution in [0.25, 0.3) is 11.3 Å². The molecule has 1 aromatic carbocycles. The largest absolute Gasteiger partial charge is 0.507 e. The zero-order valence-electron chi connectivity index (χ0n) is 17.9. The van der Waals surface area contributed by atoms with Crippen molar-refractivity contribution in [1.82, 2.24) is 15.1 Å². The van der Waals surface area contributed by atoms with Gasteiger partial charge in [0, 0.05) is 43.1 Å². The molecule has 164 valence electrons. The Morgan fingerprint density at radius 1 is 1.16 bits per heavy atom. The number of rotatable bonds is 4. The summed E-state index contributed by atoms with van der Waals surface area (Å²) >= 11 is 0. The summed E-state index contributed by atoms with van der Waals surface area (Å²) in [6.45, 7) is 1.25. The van der Waals surface area contributed by atoms with Crippen LogP contribution in [-0.4, -0.2) is 58.7 Å². The van der Waals surface area contributed by atoms with E-state index in [0.717, 1.165) is 48.2 Å². The summed E-state index contributed by atoms with van der Waals surface area (Å²) in [5.74, 6) is 1.57. The maximum Gasteiger partial charge on any atom is 0.155 e. The van der Waals surface area contributed by atoms with Crippen LogP contribution in [0.3, 0.4) is 0 Å². The predicted octanol–water partition coefficient (Wildman–Crippen LogP) is 3.96. The molecule has 1 aromatic heterocycles. The van der Waals surface area contributed by atoms with Gasteiger partial charge in [-0.25, -0.2) is 4.39 Å². The van der Waals surface area contributed by atoms with Crippen molar-refractivity contribution in [2.24, 2.45) is 0 Å². The minimum Gasteiger partial charge on any atom is -0.507 e. The van der Waals surface area contributed by atoms with E-state index >= 15 is 0 Å². The van der Waals surface area contributed by atoms with E-state index in [1.165, 1.54) is 18.4 Å². The summed E-state index contributed by atoms with van der Waals surface area (Å²) < 4.78 is 20.3. The normalized spacial score (nSPS) is 30.3. The van der Waals surface area contributed by atoms with Gasteiger partial charge >= 0.3 is 0 Å². The maximum absolute atomic E-state index is 14.1. The van der Waals surface area contributed by atoms with E-state index in [4.69, 9.17) is 4.74 Å². The first-order chi connectivity index (χ1) is 15.0. The summed E-state index contributed by atoms with van der Waals surface area (Å²) in [6.07, 6.45) is 4.96. The number of benzene rings is 1.